The van der Waals surface area contributed by atoms with E-state index in [1.54, 1.807) is 4.68 Å². The predicted molar refractivity (Wildman–Crippen MR) is 54.8 cm³/mol. The summed E-state index contributed by atoms with van der Waals surface area (Å²) in [6.45, 7) is 2.28. The summed E-state index contributed by atoms with van der Waals surface area (Å²) in [5.41, 5.74) is 7.31. The van der Waals surface area contributed by atoms with Crippen LogP contribution >= 0.6 is 0 Å². The number of aromatic nitrogens is 3. The first-order valence-electron chi connectivity index (χ1n) is 4.70. The van der Waals surface area contributed by atoms with E-state index in [0.717, 1.165) is 17.3 Å². The van der Waals surface area contributed by atoms with Gasteiger partial charge in [-0.05, 0) is 19.1 Å². The smallest absolute Gasteiger partial charge is 0.170 e. The van der Waals surface area contributed by atoms with Crippen molar-refractivity contribution < 1.29 is 4.74 Å². The highest BCUT2D eigenvalue weighted by molar-refractivity contribution is 5.64. The lowest BCUT2D eigenvalue weighted by atomic mass is 10.2. The SMILES string of the molecule is Cc1nc2n(n1)-c1cccc(N)c1OC2. The first kappa shape index (κ1) is 8.28. The Morgan fingerprint density at radius 2 is 2.33 bits per heavy atom. The summed E-state index contributed by atoms with van der Waals surface area (Å²) < 4.78 is 7.33. The molecule has 0 spiro atoms. The molecule has 15 heavy (non-hydrogen) atoms. The molecule has 0 radical (unpaired) electrons. The van der Waals surface area contributed by atoms with Gasteiger partial charge in [-0.25, -0.2) is 9.67 Å². The Hall–Kier alpha value is -2.04. The maximum Gasteiger partial charge on any atom is 0.170 e. The number of fused-ring (bicyclic) bond motifs is 3. The summed E-state index contributed by atoms with van der Waals surface area (Å²) in [5, 5.41) is 4.30. The first-order chi connectivity index (χ1) is 7.25. The average molecular weight is 202 g/mol. The molecule has 2 heterocycles. The number of anilines is 1. The van der Waals surface area contributed by atoms with Crippen LogP contribution in [0.25, 0.3) is 5.69 Å². The standard InChI is InChI=1S/C10H10N4O/c1-6-12-9-5-15-10-7(11)3-2-4-8(10)14(9)13-6/h2-4H,5,11H2,1H3. The molecule has 1 aromatic heterocycles. The molecule has 3 rings (SSSR count). The highest BCUT2D eigenvalue weighted by Gasteiger charge is 2.21. The molecule has 0 bridgehead atoms. The molecule has 0 saturated carbocycles. The summed E-state index contributed by atoms with van der Waals surface area (Å²) in [4.78, 5) is 4.27. The van der Waals surface area contributed by atoms with Crippen molar-refractivity contribution in [2.24, 2.45) is 0 Å². The van der Waals surface area contributed by atoms with Gasteiger partial charge in [0.2, 0.25) is 0 Å². The summed E-state index contributed by atoms with van der Waals surface area (Å²) in [5.74, 6) is 2.24. The van der Waals surface area contributed by atoms with E-state index in [4.69, 9.17) is 10.5 Å². The minimum absolute atomic E-state index is 0.419. The number of para-hydroxylation sites is 1. The van der Waals surface area contributed by atoms with Crippen molar-refractivity contribution in [3.63, 3.8) is 0 Å². The van der Waals surface area contributed by atoms with Gasteiger partial charge in [0.05, 0.1) is 5.69 Å². The van der Waals surface area contributed by atoms with Gasteiger partial charge in [-0.15, -0.1) is 0 Å². The Morgan fingerprint density at radius 3 is 3.20 bits per heavy atom. The molecule has 2 N–H and O–H groups in total. The zero-order valence-electron chi connectivity index (χ0n) is 8.27. The largest absolute Gasteiger partial charge is 0.481 e. The summed E-state index contributed by atoms with van der Waals surface area (Å²) >= 11 is 0. The molecular formula is C10H10N4O. The number of nitrogens with two attached hydrogens (primary N) is 1. The summed E-state index contributed by atoms with van der Waals surface area (Å²) in [6.07, 6.45) is 0. The Labute approximate surface area is 86.5 Å². The number of rotatable bonds is 0. The minimum Gasteiger partial charge on any atom is -0.481 e. The lowest BCUT2D eigenvalue weighted by Gasteiger charge is -2.18. The van der Waals surface area contributed by atoms with E-state index < -0.39 is 0 Å². The molecular weight excluding hydrogens is 192 g/mol. The fraction of sp³-hybridized carbons (Fsp3) is 0.200. The van der Waals surface area contributed by atoms with Crippen molar-refractivity contribution in [1.82, 2.24) is 14.8 Å². The van der Waals surface area contributed by atoms with Gasteiger partial charge in [-0.3, -0.25) is 0 Å². The lowest BCUT2D eigenvalue weighted by molar-refractivity contribution is 0.278. The fourth-order valence-electron chi connectivity index (χ4n) is 1.75. The maximum absolute atomic E-state index is 5.82. The predicted octanol–water partition coefficient (Wildman–Crippen LogP) is 1.05. The Morgan fingerprint density at radius 1 is 1.47 bits per heavy atom. The highest BCUT2D eigenvalue weighted by atomic mass is 16.5. The van der Waals surface area contributed by atoms with Crippen LogP contribution in [0, 0.1) is 6.92 Å². The van der Waals surface area contributed by atoms with Crippen LogP contribution in [0.4, 0.5) is 5.69 Å². The number of nitrogen functional groups attached to an aromatic ring is 1. The second kappa shape index (κ2) is 2.73. The van der Waals surface area contributed by atoms with Crippen LogP contribution in [0.15, 0.2) is 18.2 Å². The molecule has 0 saturated heterocycles. The molecule has 1 aliphatic rings. The van der Waals surface area contributed by atoms with Crippen LogP contribution in [0.2, 0.25) is 0 Å². The Bertz CT molecular complexity index is 532. The van der Waals surface area contributed by atoms with Crippen molar-refractivity contribution in [3.8, 4) is 11.4 Å². The Kier molecular flexibility index (Phi) is 1.50. The van der Waals surface area contributed by atoms with Gasteiger partial charge in [0, 0.05) is 0 Å². The van der Waals surface area contributed by atoms with Crippen LogP contribution in [0.3, 0.4) is 0 Å². The van der Waals surface area contributed by atoms with Gasteiger partial charge < -0.3 is 10.5 Å². The molecule has 1 aromatic carbocycles. The Balaban J connectivity index is 2.29. The van der Waals surface area contributed by atoms with Gasteiger partial charge in [0.25, 0.3) is 0 Å². The minimum atomic E-state index is 0.419. The van der Waals surface area contributed by atoms with Crippen molar-refractivity contribution in [2.45, 2.75) is 13.5 Å². The van der Waals surface area contributed by atoms with Crippen molar-refractivity contribution >= 4 is 5.69 Å². The van der Waals surface area contributed by atoms with E-state index in [2.05, 4.69) is 10.1 Å². The fourth-order valence-corrected chi connectivity index (χ4v) is 1.75. The number of nitrogens with zero attached hydrogens (tertiary/aromatic N) is 3. The van der Waals surface area contributed by atoms with Gasteiger partial charge in [-0.2, -0.15) is 5.10 Å². The van der Waals surface area contributed by atoms with Crippen LogP contribution in [0.1, 0.15) is 11.6 Å². The number of aryl methyl sites for hydroxylation is 1. The average Bonchev–Trinajstić information content (AvgIpc) is 2.59. The van der Waals surface area contributed by atoms with Gasteiger partial charge >= 0.3 is 0 Å². The topological polar surface area (TPSA) is 66.0 Å². The van der Waals surface area contributed by atoms with E-state index in [0.29, 0.717) is 18.0 Å². The third kappa shape index (κ3) is 1.09. The van der Waals surface area contributed by atoms with Crippen LogP contribution < -0.4 is 10.5 Å². The molecule has 0 aliphatic carbocycles. The highest BCUT2D eigenvalue weighted by Crippen LogP contribution is 2.33. The molecule has 2 aromatic rings. The number of ether oxygens (including phenoxy) is 1. The molecule has 1 aliphatic heterocycles. The molecule has 5 nitrogen and oxygen atoms in total. The van der Waals surface area contributed by atoms with Gasteiger partial charge in [0.1, 0.15) is 18.1 Å². The van der Waals surface area contributed by atoms with Crippen LogP contribution in [-0.4, -0.2) is 14.8 Å². The maximum atomic E-state index is 5.82. The normalized spacial score (nSPS) is 12.9. The van der Waals surface area contributed by atoms with Gasteiger partial charge in [0.15, 0.2) is 11.6 Å². The summed E-state index contributed by atoms with van der Waals surface area (Å²) in [6, 6.07) is 5.61. The molecule has 0 amide bonds. The third-order valence-electron chi connectivity index (χ3n) is 2.38. The quantitative estimate of drug-likeness (QED) is 0.648. The lowest BCUT2D eigenvalue weighted by Crippen LogP contribution is -2.15. The zero-order chi connectivity index (χ0) is 10.4. The molecule has 0 atom stereocenters. The summed E-state index contributed by atoms with van der Waals surface area (Å²) in [7, 11) is 0. The number of benzene rings is 1. The van der Waals surface area contributed by atoms with Crippen molar-refractivity contribution in [1.29, 1.82) is 0 Å². The van der Waals surface area contributed by atoms with Crippen molar-refractivity contribution in [3.05, 3.63) is 29.8 Å². The molecule has 5 heteroatoms. The molecule has 76 valence electrons. The second-order valence-corrected chi connectivity index (χ2v) is 3.47. The monoisotopic (exact) mass is 202 g/mol. The van der Waals surface area contributed by atoms with Crippen molar-refractivity contribution in [2.75, 3.05) is 5.73 Å². The zero-order valence-corrected chi connectivity index (χ0v) is 8.27. The van der Waals surface area contributed by atoms with E-state index in [9.17, 15) is 0 Å². The van der Waals surface area contributed by atoms with E-state index in [-0.39, 0.29) is 0 Å². The van der Waals surface area contributed by atoms with E-state index in [1.807, 2.05) is 25.1 Å². The van der Waals surface area contributed by atoms with E-state index in [1.165, 1.54) is 0 Å². The number of hydrogen-bond acceptors (Lipinski definition) is 4. The second-order valence-electron chi connectivity index (χ2n) is 3.47. The number of hydrogen-bond donors (Lipinski definition) is 1. The first-order valence-corrected chi connectivity index (χ1v) is 4.70. The van der Waals surface area contributed by atoms with Crippen LogP contribution in [-0.2, 0) is 6.61 Å². The molecule has 0 unspecified atom stereocenters. The van der Waals surface area contributed by atoms with E-state index >= 15 is 0 Å². The third-order valence-corrected chi connectivity index (χ3v) is 2.38. The van der Waals surface area contributed by atoms with Gasteiger partial charge in [-0.1, -0.05) is 6.07 Å². The molecule has 0 fully saturated rings. The van der Waals surface area contributed by atoms with Crippen LogP contribution in [0.5, 0.6) is 5.75 Å².